The summed E-state index contributed by atoms with van der Waals surface area (Å²) in [6.07, 6.45) is 4.94. The molecule has 1 N–H and O–H groups in total. The highest BCUT2D eigenvalue weighted by molar-refractivity contribution is 5.33. The van der Waals surface area contributed by atoms with Crippen LogP contribution in [0.25, 0.3) is 0 Å². The second kappa shape index (κ2) is 4.95. The van der Waals surface area contributed by atoms with Gasteiger partial charge in [0.25, 0.3) is 0 Å². The van der Waals surface area contributed by atoms with Crippen molar-refractivity contribution in [1.29, 1.82) is 5.26 Å². The highest BCUT2D eigenvalue weighted by Crippen LogP contribution is 2.13. The lowest BCUT2D eigenvalue weighted by Gasteiger charge is -2.23. The van der Waals surface area contributed by atoms with Gasteiger partial charge in [0.2, 0.25) is 0 Å². The Morgan fingerprint density at radius 3 is 3.07 bits per heavy atom. The summed E-state index contributed by atoms with van der Waals surface area (Å²) in [6.45, 7) is 1.14. The van der Waals surface area contributed by atoms with E-state index in [-0.39, 0.29) is 0 Å². The minimum absolute atomic E-state index is 0.604. The number of piperidine rings is 1. The van der Waals surface area contributed by atoms with Crippen LogP contribution < -0.4 is 5.32 Å². The summed E-state index contributed by atoms with van der Waals surface area (Å²) >= 11 is 0. The van der Waals surface area contributed by atoms with Gasteiger partial charge in [0.05, 0.1) is 11.6 Å². The van der Waals surface area contributed by atoms with E-state index in [1.165, 1.54) is 24.8 Å². The molecule has 2 heteroatoms. The van der Waals surface area contributed by atoms with Gasteiger partial charge in [0, 0.05) is 6.04 Å². The van der Waals surface area contributed by atoms with Crippen molar-refractivity contribution in [2.75, 3.05) is 6.54 Å². The molecule has 1 aromatic carbocycles. The Morgan fingerprint density at radius 1 is 1.40 bits per heavy atom. The average molecular weight is 200 g/mol. The van der Waals surface area contributed by atoms with Crippen molar-refractivity contribution >= 4 is 0 Å². The number of nitrogens with one attached hydrogen (secondary N) is 1. The number of nitriles is 1. The van der Waals surface area contributed by atoms with Gasteiger partial charge >= 0.3 is 0 Å². The van der Waals surface area contributed by atoms with Gasteiger partial charge in [-0.2, -0.15) is 5.26 Å². The zero-order valence-electron chi connectivity index (χ0n) is 8.87. The first kappa shape index (κ1) is 10.2. The van der Waals surface area contributed by atoms with Crippen LogP contribution in [0.3, 0.4) is 0 Å². The third-order valence-electron chi connectivity index (χ3n) is 2.95. The number of hydrogen-bond acceptors (Lipinski definition) is 2. The van der Waals surface area contributed by atoms with Crippen LogP contribution in [0, 0.1) is 11.3 Å². The van der Waals surface area contributed by atoms with Crippen LogP contribution in [-0.2, 0) is 6.42 Å². The zero-order chi connectivity index (χ0) is 10.5. The van der Waals surface area contributed by atoms with Crippen molar-refractivity contribution < 1.29 is 0 Å². The fourth-order valence-corrected chi connectivity index (χ4v) is 2.15. The molecule has 0 radical (unpaired) electrons. The Hall–Kier alpha value is -1.33. The number of rotatable bonds is 2. The standard InChI is InChI=1S/C13H16N2/c14-10-12-5-3-4-11(8-12)9-13-6-1-2-7-15-13/h3-5,8,13,15H,1-2,6-7,9H2. The van der Waals surface area contributed by atoms with Gasteiger partial charge in [-0.3, -0.25) is 0 Å². The summed E-state index contributed by atoms with van der Waals surface area (Å²) in [5.41, 5.74) is 2.04. The van der Waals surface area contributed by atoms with Gasteiger partial charge < -0.3 is 5.32 Å². The summed E-state index contributed by atoms with van der Waals surface area (Å²) in [5.74, 6) is 0. The maximum Gasteiger partial charge on any atom is 0.0991 e. The zero-order valence-corrected chi connectivity index (χ0v) is 8.87. The Balaban J connectivity index is 2.00. The topological polar surface area (TPSA) is 35.8 Å². The first-order chi connectivity index (χ1) is 7.38. The highest BCUT2D eigenvalue weighted by Gasteiger charge is 2.12. The minimum atomic E-state index is 0.604. The number of benzene rings is 1. The van der Waals surface area contributed by atoms with Gasteiger partial charge in [0.1, 0.15) is 0 Å². The predicted octanol–water partition coefficient (Wildman–Crippen LogP) is 2.24. The van der Waals surface area contributed by atoms with Crippen LogP contribution in [0.2, 0.25) is 0 Å². The van der Waals surface area contributed by atoms with E-state index in [0.717, 1.165) is 18.5 Å². The summed E-state index contributed by atoms with van der Waals surface area (Å²) in [4.78, 5) is 0. The van der Waals surface area contributed by atoms with Gasteiger partial charge in [-0.1, -0.05) is 18.6 Å². The third kappa shape index (κ3) is 2.81. The van der Waals surface area contributed by atoms with E-state index in [9.17, 15) is 0 Å². The summed E-state index contributed by atoms with van der Waals surface area (Å²) < 4.78 is 0. The van der Waals surface area contributed by atoms with Crippen LogP contribution >= 0.6 is 0 Å². The van der Waals surface area contributed by atoms with Crippen molar-refractivity contribution in [1.82, 2.24) is 5.32 Å². The summed E-state index contributed by atoms with van der Waals surface area (Å²) in [6, 6.07) is 10.7. The summed E-state index contributed by atoms with van der Waals surface area (Å²) in [7, 11) is 0. The molecule has 2 nitrogen and oxygen atoms in total. The van der Waals surface area contributed by atoms with Crippen LogP contribution in [0.4, 0.5) is 0 Å². The Labute approximate surface area is 90.9 Å². The lowest BCUT2D eigenvalue weighted by molar-refractivity contribution is 0.399. The first-order valence-electron chi connectivity index (χ1n) is 5.61. The van der Waals surface area contributed by atoms with Crippen molar-refractivity contribution in [3.63, 3.8) is 0 Å². The molecule has 0 bridgehead atoms. The van der Waals surface area contributed by atoms with E-state index >= 15 is 0 Å². The maximum atomic E-state index is 8.80. The van der Waals surface area contributed by atoms with Gasteiger partial charge in [-0.25, -0.2) is 0 Å². The number of nitrogens with zero attached hydrogens (tertiary/aromatic N) is 1. The molecule has 0 saturated carbocycles. The molecule has 2 rings (SSSR count). The SMILES string of the molecule is N#Cc1cccc(CC2CCCCN2)c1. The number of hydrogen-bond donors (Lipinski definition) is 1. The lowest BCUT2D eigenvalue weighted by atomic mass is 9.97. The van der Waals surface area contributed by atoms with E-state index in [2.05, 4.69) is 17.5 Å². The quantitative estimate of drug-likeness (QED) is 0.794. The van der Waals surface area contributed by atoms with E-state index in [1.54, 1.807) is 0 Å². The van der Waals surface area contributed by atoms with Gasteiger partial charge in [-0.15, -0.1) is 0 Å². The molecule has 0 aromatic heterocycles. The van der Waals surface area contributed by atoms with E-state index < -0.39 is 0 Å². The molecule has 78 valence electrons. The molecule has 1 unspecified atom stereocenters. The van der Waals surface area contributed by atoms with Gasteiger partial charge in [0.15, 0.2) is 0 Å². The minimum Gasteiger partial charge on any atom is -0.314 e. The van der Waals surface area contributed by atoms with Crippen molar-refractivity contribution in [2.45, 2.75) is 31.7 Å². The van der Waals surface area contributed by atoms with Crippen LogP contribution in [0.1, 0.15) is 30.4 Å². The molecule has 0 amide bonds. The fraction of sp³-hybridized carbons (Fsp3) is 0.462. The van der Waals surface area contributed by atoms with Crippen molar-refractivity contribution in [2.24, 2.45) is 0 Å². The fourth-order valence-electron chi connectivity index (χ4n) is 2.15. The molecule has 1 aliphatic heterocycles. The maximum absolute atomic E-state index is 8.80. The second-order valence-corrected chi connectivity index (χ2v) is 4.16. The predicted molar refractivity (Wildman–Crippen MR) is 60.5 cm³/mol. The van der Waals surface area contributed by atoms with Crippen LogP contribution in [0.15, 0.2) is 24.3 Å². The van der Waals surface area contributed by atoms with Crippen molar-refractivity contribution in [3.05, 3.63) is 35.4 Å². The monoisotopic (exact) mass is 200 g/mol. The van der Waals surface area contributed by atoms with Crippen molar-refractivity contribution in [3.8, 4) is 6.07 Å². The first-order valence-corrected chi connectivity index (χ1v) is 5.61. The molecular formula is C13H16N2. The average Bonchev–Trinajstić information content (AvgIpc) is 2.31. The molecule has 1 aromatic rings. The van der Waals surface area contributed by atoms with Crippen LogP contribution in [0.5, 0.6) is 0 Å². The lowest BCUT2D eigenvalue weighted by Crippen LogP contribution is -2.35. The highest BCUT2D eigenvalue weighted by atomic mass is 14.9. The molecule has 15 heavy (non-hydrogen) atoms. The normalized spacial score (nSPS) is 20.9. The molecule has 1 saturated heterocycles. The third-order valence-corrected chi connectivity index (χ3v) is 2.95. The molecule has 0 spiro atoms. The Morgan fingerprint density at radius 2 is 2.33 bits per heavy atom. The Kier molecular flexibility index (Phi) is 3.37. The summed E-state index contributed by atoms with van der Waals surface area (Å²) in [5, 5.41) is 12.3. The van der Waals surface area contributed by atoms with E-state index in [4.69, 9.17) is 5.26 Å². The Bertz CT molecular complexity index is 359. The van der Waals surface area contributed by atoms with E-state index in [0.29, 0.717) is 6.04 Å². The largest absolute Gasteiger partial charge is 0.314 e. The molecule has 1 heterocycles. The van der Waals surface area contributed by atoms with Gasteiger partial charge in [-0.05, 0) is 43.5 Å². The molecule has 1 fully saturated rings. The second-order valence-electron chi connectivity index (χ2n) is 4.16. The molecular weight excluding hydrogens is 184 g/mol. The molecule has 0 aliphatic carbocycles. The molecule has 1 aliphatic rings. The van der Waals surface area contributed by atoms with Crippen LogP contribution in [-0.4, -0.2) is 12.6 Å². The van der Waals surface area contributed by atoms with E-state index in [1.807, 2.05) is 18.2 Å². The molecule has 1 atom stereocenters. The smallest absolute Gasteiger partial charge is 0.0991 e.